The van der Waals surface area contributed by atoms with E-state index in [-0.39, 0.29) is 17.6 Å². The van der Waals surface area contributed by atoms with Crippen LogP contribution in [0, 0.1) is 0 Å². The van der Waals surface area contributed by atoms with E-state index in [0.717, 1.165) is 18.0 Å². The number of carbonyl (C=O) groups excluding carboxylic acids is 2. The molecule has 0 spiro atoms. The van der Waals surface area contributed by atoms with Crippen molar-refractivity contribution in [1.29, 1.82) is 0 Å². The van der Waals surface area contributed by atoms with Crippen LogP contribution in [0.15, 0.2) is 52.2 Å². The van der Waals surface area contributed by atoms with Gasteiger partial charge in [0.05, 0.1) is 12.0 Å². The van der Waals surface area contributed by atoms with E-state index in [1.807, 2.05) is 26.0 Å². The van der Waals surface area contributed by atoms with E-state index in [4.69, 9.17) is 4.42 Å². The molecule has 2 heterocycles. The van der Waals surface area contributed by atoms with Crippen LogP contribution in [-0.2, 0) is 4.79 Å². The van der Waals surface area contributed by atoms with Crippen LogP contribution in [-0.4, -0.2) is 50.3 Å². The van der Waals surface area contributed by atoms with Crippen molar-refractivity contribution in [2.75, 3.05) is 24.2 Å². The minimum absolute atomic E-state index is 0.00663. The molecular formula is C25H31N5O3S. The van der Waals surface area contributed by atoms with Crippen molar-refractivity contribution in [3.05, 3.63) is 48.2 Å². The highest BCUT2D eigenvalue weighted by atomic mass is 32.2. The number of nitrogens with zero attached hydrogens (tertiary/aromatic N) is 4. The molecule has 2 aromatic heterocycles. The molecule has 0 saturated heterocycles. The minimum atomic E-state index is -0.134. The molecule has 180 valence electrons. The van der Waals surface area contributed by atoms with Crippen LogP contribution >= 0.6 is 11.8 Å². The Bertz CT molecular complexity index is 1080. The van der Waals surface area contributed by atoms with Gasteiger partial charge >= 0.3 is 0 Å². The topological polar surface area (TPSA) is 93.3 Å². The zero-order valence-electron chi connectivity index (χ0n) is 19.7. The quantitative estimate of drug-likeness (QED) is 0.419. The number of aromatic nitrogens is 3. The Balaban J connectivity index is 1.41. The molecule has 1 fully saturated rings. The number of furan rings is 1. The van der Waals surface area contributed by atoms with Gasteiger partial charge in [-0.3, -0.25) is 14.2 Å². The van der Waals surface area contributed by atoms with Gasteiger partial charge in [0.1, 0.15) is 0 Å². The molecule has 34 heavy (non-hydrogen) atoms. The number of hydrogen-bond acceptors (Lipinski definition) is 6. The summed E-state index contributed by atoms with van der Waals surface area (Å²) in [5, 5.41) is 12.4. The number of benzene rings is 1. The second-order valence-electron chi connectivity index (χ2n) is 8.34. The van der Waals surface area contributed by atoms with Gasteiger partial charge in [0.15, 0.2) is 10.9 Å². The third-order valence-electron chi connectivity index (χ3n) is 6.14. The monoisotopic (exact) mass is 481 g/mol. The molecule has 1 aromatic carbocycles. The predicted molar refractivity (Wildman–Crippen MR) is 133 cm³/mol. The van der Waals surface area contributed by atoms with Gasteiger partial charge in [-0.15, -0.1) is 10.2 Å². The first-order valence-corrected chi connectivity index (χ1v) is 12.9. The number of thioether (sulfide) groups is 1. The molecule has 1 N–H and O–H groups in total. The highest BCUT2D eigenvalue weighted by Gasteiger charge is 2.25. The van der Waals surface area contributed by atoms with Crippen molar-refractivity contribution in [2.24, 2.45) is 0 Å². The number of hydrogen-bond donors (Lipinski definition) is 1. The van der Waals surface area contributed by atoms with Gasteiger partial charge in [0, 0.05) is 30.4 Å². The number of anilines is 1. The first-order valence-electron chi connectivity index (χ1n) is 11.9. The lowest BCUT2D eigenvalue weighted by Crippen LogP contribution is -2.30. The lowest BCUT2D eigenvalue weighted by atomic mass is 9.95. The van der Waals surface area contributed by atoms with Crippen LogP contribution in [0.1, 0.15) is 62.4 Å². The van der Waals surface area contributed by atoms with E-state index in [1.54, 1.807) is 35.4 Å². The Morgan fingerprint density at radius 3 is 2.47 bits per heavy atom. The molecule has 0 radical (unpaired) electrons. The molecule has 3 aromatic rings. The van der Waals surface area contributed by atoms with Crippen molar-refractivity contribution in [3.63, 3.8) is 0 Å². The van der Waals surface area contributed by atoms with Crippen LogP contribution in [0.4, 0.5) is 5.69 Å². The van der Waals surface area contributed by atoms with Crippen molar-refractivity contribution in [2.45, 2.75) is 57.1 Å². The second kappa shape index (κ2) is 11.4. The van der Waals surface area contributed by atoms with Crippen LogP contribution in [0.25, 0.3) is 11.6 Å². The molecule has 1 saturated carbocycles. The number of nitrogens with one attached hydrogen (secondary N) is 1. The average molecular weight is 482 g/mol. The maximum Gasteiger partial charge on any atom is 0.253 e. The molecule has 1 aliphatic rings. The first-order chi connectivity index (χ1) is 16.6. The summed E-state index contributed by atoms with van der Waals surface area (Å²) in [5.74, 6) is 1.48. The van der Waals surface area contributed by atoms with E-state index in [2.05, 4.69) is 20.1 Å². The van der Waals surface area contributed by atoms with Gasteiger partial charge in [-0.2, -0.15) is 0 Å². The molecule has 0 aliphatic heterocycles. The molecule has 1 aliphatic carbocycles. The molecule has 9 heteroatoms. The standard InChI is InChI=1S/C25H31N5O3S/c1-3-29(4-2)24(32)18-12-14-19(15-13-18)26-22(31)17-34-25-28-27-23(21-11-8-16-33-21)30(25)20-9-6-5-7-10-20/h8,11-16,20H,3-7,9-10,17H2,1-2H3,(H,26,31). The SMILES string of the molecule is CCN(CC)C(=O)c1ccc(NC(=O)CSc2nnc(-c3ccco3)n2C2CCCCC2)cc1. The lowest BCUT2D eigenvalue weighted by Gasteiger charge is -2.25. The van der Waals surface area contributed by atoms with Crippen LogP contribution in [0.5, 0.6) is 0 Å². The summed E-state index contributed by atoms with van der Waals surface area (Å²) in [6.45, 7) is 5.25. The highest BCUT2D eigenvalue weighted by molar-refractivity contribution is 7.99. The maximum absolute atomic E-state index is 12.6. The minimum Gasteiger partial charge on any atom is -0.461 e. The zero-order chi connectivity index (χ0) is 23.9. The summed E-state index contributed by atoms with van der Waals surface area (Å²) >= 11 is 1.38. The summed E-state index contributed by atoms with van der Waals surface area (Å²) < 4.78 is 7.73. The van der Waals surface area contributed by atoms with Crippen LogP contribution < -0.4 is 5.32 Å². The van der Waals surface area contributed by atoms with Crippen molar-refractivity contribution in [3.8, 4) is 11.6 Å². The van der Waals surface area contributed by atoms with Crippen molar-refractivity contribution in [1.82, 2.24) is 19.7 Å². The molecule has 0 unspecified atom stereocenters. The Morgan fingerprint density at radius 1 is 1.09 bits per heavy atom. The fourth-order valence-electron chi connectivity index (χ4n) is 4.33. The van der Waals surface area contributed by atoms with Crippen molar-refractivity contribution < 1.29 is 14.0 Å². The fraction of sp³-hybridized carbons (Fsp3) is 0.440. The molecule has 0 bridgehead atoms. The Hall–Kier alpha value is -3.07. The summed E-state index contributed by atoms with van der Waals surface area (Å²) in [5.41, 5.74) is 1.27. The van der Waals surface area contributed by atoms with Crippen LogP contribution in [0.2, 0.25) is 0 Å². The Morgan fingerprint density at radius 2 is 1.82 bits per heavy atom. The van der Waals surface area contributed by atoms with E-state index < -0.39 is 0 Å². The summed E-state index contributed by atoms with van der Waals surface area (Å²) in [7, 11) is 0. The number of rotatable bonds is 9. The maximum atomic E-state index is 12.6. The summed E-state index contributed by atoms with van der Waals surface area (Å²) in [6, 6.07) is 11.1. The van der Waals surface area contributed by atoms with E-state index in [9.17, 15) is 9.59 Å². The fourth-order valence-corrected chi connectivity index (χ4v) is 5.14. The van der Waals surface area contributed by atoms with Gasteiger partial charge in [0.25, 0.3) is 5.91 Å². The number of amides is 2. The van der Waals surface area contributed by atoms with Crippen LogP contribution in [0.3, 0.4) is 0 Å². The summed E-state index contributed by atoms with van der Waals surface area (Å²) in [6.07, 6.45) is 7.39. The zero-order valence-corrected chi connectivity index (χ0v) is 20.5. The first kappa shape index (κ1) is 24.1. The molecule has 8 nitrogen and oxygen atoms in total. The van der Waals surface area contributed by atoms with Gasteiger partial charge in [-0.05, 0) is 63.1 Å². The molecule has 2 amide bonds. The normalized spacial score (nSPS) is 14.2. The Labute approximate surface area is 204 Å². The van der Waals surface area contributed by atoms with Gasteiger partial charge in [-0.1, -0.05) is 31.0 Å². The second-order valence-corrected chi connectivity index (χ2v) is 9.28. The largest absolute Gasteiger partial charge is 0.461 e. The van der Waals surface area contributed by atoms with E-state index >= 15 is 0 Å². The van der Waals surface area contributed by atoms with Crippen molar-refractivity contribution >= 4 is 29.3 Å². The van der Waals surface area contributed by atoms with E-state index in [0.29, 0.717) is 42.0 Å². The molecule has 4 rings (SSSR count). The van der Waals surface area contributed by atoms with Gasteiger partial charge in [-0.25, -0.2) is 0 Å². The summed E-state index contributed by atoms with van der Waals surface area (Å²) in [4.78, 5) is 26.9. The lowest BCUT2D eigenvalue weighted by molar-refractivity contribution is -0.113. The van der Waals surface area contributed by atoms with Gasteiger partial charge in [0.2, 0.25) is 11.7 Å². The number of carbonyl (C=O) groups is 2. The Kier molecular flexibility index (Phi) is 8.05. The van der Waals surface area contributed by atoms with Gasteiger partial charge < -0.3 is 14.6 Å². The third-order valence-corrected chi connectivity index (χ3v) is 7.09. The molecule has 0 atom stereocenters. The predicted octanol–water partition coefficient (Wildman–Crippen LogP) is 5.26. The highest BCUT2D eigenvalue weighted by Crippen LogP contribution is 2.35. The van der Waals surface area contributed by atoms with E-state index in [1.165, 1.54) is 31.0 Å². The third kappa shape index (κ3) is 5.52. The smallest absolute Gasteiger partial charge is 0.253 e. The average Bonchev–Trinajstić information content (AvgIpc) is 3.54. The molecular weight excluding hydrogens is 450 g/mol.